The summed E-state index contributed by atoms with van der Waals surface area (Å²) in [7, 11) is 0. The lowest BCUT2D eigenvalue weighted by atomic mass is 10.0. The maximum absolute atomic E-state index is 5.79. The smallest absolute Gasteiger partial charge is 0.0929 e. The van der Waals surface area contributed by atoms with Gasteiger partial charge >= 0.3 is 0 Å². The first-order valence-corrected chi connectivity index (χ1v) is 8.60. The Morgan fingerprint density at radius 2 is 2.20 bits per heavy atom. The third kappa shape index (κ3) is 3.15. The number of alkyl halides is 1. The second-order valence-electron chi connectivity index (χ2n) is 5.19. The summed E-state index contributed by atoms with van der Waals surface area (Å²) in [6.45, 7) is 2.30. The fraction of sp³-hybridized carbons (Fsp3) is 0.438. The van der Waals surface area contributed by atoms with Gasteiger partial charge in [0.25, 0.3) is 0 Å². The topological polar surface area (TPSA) is 16.1 Å². The zero-order chi connectivity index (χ0) is 13.8. The molecule has 0 radical (unpaired) electrons. The van der Waals surface area contributed by atoms with E-state index in [9.17, 15) is 0 Å². The molecule has 0 aliphatic carbocycles. The summed E-state index contributed by atoms with van der Waals surface area (Å²) in [4.78, 5) is 7.05. The number of hydrogen-bond acceptors (Lipinski definition) is 3. The van der Waals surface area contributed by atoms with Crippen LogP contribution in [0.5, 0.6) is 0 Å². The molecular weight excluding hydrogens is 288 g/mol. The number of thiazole rings is 1. The molecule has 1 aliphatic heterocycles. The monoisotopic (exact) mass is 306 g/mol. The number of rotatable bonds is 5. The molecule has 0 saturated heterocycles. The van der Waals surface area contributed by atoms with Gasteiger partial charge in [-0.15, -0.1) is 22.9 Å². The molecule has 0 spiro atoms. The molecule has 106 valence electrons. The highest BCUT2D eigenvalue weighted by molar-refractivity contribution is 7.09. The first-order valence-electron chi connectivity index (χ1n) is 7.19. The van der Waals surface area contributed by atoms with Gasteiger partial charge in [0, 0.05) is 30.6 Å². The molecule has 0 bridgehead atoms. The van der Waals surface area contributed by atoms with Crippen LogP contribution in [0.3, 0.4) is 0 Å². The Morgan fingerprint density at radius 3 is 3.05 bits per heavy atom. The summed E-state index contributed by atoms with van der Waals surface area (Å²) in [6, 6.07) is 8.80. The van der Waals surface area contributed by atoms with Crippen molar-refractivity contribution >= 4 is 28.6 Å². The van der Waals surface area contributed by atoms with Crippen LogP contribution in [0.15, 0.2) is 29.6 Å². The number of aryl methyl sites for hydroxylation is 2. The lowest BCUT2D eigenvalue weighted by molar-refractivity contribution is 0.663. The quantitative estimate of drug-likeness (QED) is 0.767. The van der Waals surface area contributed by atoms with Gasteiger partial charge in [0.15, 0.2) is 0 Å². The van der Waals surface area contributed by atoms with Crippen LogP contribution in [0.2, 0.25) is 0 Å². The second kappa shape index (κ2) is 6.59. The van der Waals surface area contributed by atoms with Crippen LogP contribution in [-0.2, 0) is 18.7 Å². The van der Waals surface area contributed by atoms with Gasteiger partial charge < -0.3 is 4.90 Å². The highest BCUT2D eigenvalue weighted by Gasteiger charge is 2.15. The molecule has 0 fully saturated rings. The normalized spacial score (nSPS) is 14.3. The summed E-state index contributed by atoms with van der Waals surface area (Å²) in [5.41, 5.74) is 3.94. The summed E-state index contributed by atoms with van der Waals surface area (Å²) in [5.74, 6) is 0.524. The van der Waals surface area contributed by atoms with E-state index < -0.39 is 0 Å². The van der Waals surface area contributed by atoms with Crippen molar-refractivity contribution < 1.29 is 0 Å². The molecule has 0 amide bonds. The van der Waals surface area contributed by atoms with Gasteiger partial charge in [-0.3, -0.25) is 0 Å². The third-order valence-electron chi connectivity index (χ3n) is 3.76. The van der Waals surface area contributed by atoms with Gasteiger partial charge in [-0.05, 0) is 30.9 Å². The van der Waals surface area contributed by atoms with E-state index in [1.165, 1.54) is 35.6 Å². The number of para-hydroxylation sites is 1. The lowest BCUT2D eigenvalue weighted by Crippen LogP contribution is -2.30. The predicted molar refractivity (Wildman–Crippen MR) is 87.0 cm³/mol. The minimum atomic E-state index is 0.524. The molecule has 1 aliphatic rings. The highest BCUT2D eigenvalue weighted by Crippen LogP contribution is 2.26. The van der Waals surface area contributed by atoms with E-state index in [1.54, 1.807) is 11.3 Å². The Morgan fingerprint density at radius 1 is 1.30 bits per heavy atom. The van der Waals surface area contributed by atoms with Gasteiger partial charge in [-0.25, -0.2) is 4.98 Å². The van der Waals surface area contributed by atoms with Crippen LogP contribution in [0, 0.1) is 0 Å². The highest BCUT2D eigenvalue weighted by atomic mass is 35.5. The minimum Gasteiger partial charge on any atom is -0.371 e. The first-order chi connectivity index (χ1) is 9.86. The molecule has 20 heavy (non-hydrogen) atoms. The molecule has 1 aromatic heterocycles. The van der Waals surface area contributed by atoms with Crippen LogP contribution in [-0.4, -0.2) is 18.1 Å². The fourth-order valence-corrected chi connectivity index (χ4v) is 3.86. The van der Waals surface area contributed by atoms with E-state index in [0.29, 0.717) is 5.88 Å². The molecule has 1 aromatic carbocycles. The number of fused-ring (bicyclic) bond motifs is 1. The van der Waals surface area contributed by atoms with E-state index >= 15 is 0 Å². The van der Waals surface area contributed by atoms with Crippen molar-refractivity contribution in [3.8, 4) is 0 Å². The van der Waals surface area contributed by atoms with Crippen LogP contribution in [0.4, 0.5) is 5.69 Å². The predicted octanol–water partition coefficient (Wildman–Crippen LogP) is 4.27. The lowest BCUT2D eigenvalue weighted by Gasteiger charge is -2.31. The Kier molecular flexibility index (Phi) is 4.58. The molecule has 2 heterocycles. The van der Waals surface area contributed by atoms with Crippen LogP contribution in [0.1, 0.15) is 29.1 Å². The number of benzene rings is 1. The van der Waals surface area contributed by atoms with E-state index in [2.05, 4.69) is 39.5 Å². The molecule has 2 nitrogen and oxygen atoms in total. The Labute approximate surface area is 129 Å². The number of halogens is 1. The number of nitrogens with zero attached hydrogens (tertiary/aromatic N) is 2. The summed E-state index contributed by atoms with van der Waals surface area (Å²) < 4.78 is 0. The largest absolute Gasteiger partial charge is 0.371 e. The van der Waals surface area contributed by atoms with Gasteiger partial charge in [0.2, 0.25) is 0 Å². The molecule has 2 aromatic rings. The average Bonchev–Trinajstić information content (AvgIpc) is 2.95. The number of hydrogen-bond donors (Lipinski definition) is 0. The van der Waals surface area contributed by atoms with Gasteiger partial charge in [-0.1, -0.05) is 18.2 Å². The zero-order valence-electron chi connectivity index (χ0n) is 11.5. The number of aromatic nitrogens is 1. The molecule has 0 N–H and O–H groups in total. The van der Waals surface area contributed by atoms with Gasteiger partial charge in [0.1, 0.15) is 0 Å². The standard InChI is InChI=1S/C16H19ClN2S/c17-11-14-12-20-16(18-14)8-4-10-19-9-3-6-13-5-1-2-7-15(13)19/h1-2,5,7,12H,3-4,6,8-11H2. The molecule has 0 atom stereocenters. The fourth-order valence-electron chi connectivity index (χ4n) is 2.79. The summed E-state index contributed by atoms with van der Waals surface area (Å²) in [5, 5.41) is 3.28. The average molecular weight is 307 g/mol. The zero-order valence-corrected chi connectivity index (χ0v) is 13.1. The Bertz CT molecular complexity index is 567. The van der Waals surface area contributed by atoms with Crippen molar-refractivity contribution in [2.45, 2.75) is 31.6 Å². The summed E-state index contributed by atoms with van der Waals surface area (Å²) >= 11 is 7.52. The molecule has 0 unspecified atom stereocenters. The van der Waals surface area contributed by atoms with Crippen molar-refractivity contribution in [2.24, 2.45) is 0 Å². The van der Waals surface area contributed by atoms with Crippen LogP contribution in [0.25, 0.3) is 0 Å². The first kappa shape index (κ1) is 13.9. The molecule has 0 saturated carbocycles. The van der Waals surface area contributed by atoms with E-state index in [1.807, 2.05) is 0 Å². The van der Waals surface area contributed by atoms with E-state index in [0.717, 1.165) is 25.1 Å². The Hall–Kier alpha value is -1.06. The van der Waals surface area contributed by atoms with Crippen molar-refractivity contribution in [3.05, 3.63) is 45.9 Å². The van der Waals surface area contributed by atoms with Gasteiger partial charge in [0.05, 0.1) is 16.6 Å². The molecule has 3 rings (SSSR count). The second-order valence-corrected chi connectivity index (χ2v) is 6.40. The van der Waals surface area contributed by atoms with Crippen LogP contribution < -0.4 is 4.90 Å². The molecular formula is C16H19ClN2S. The number of anilines is 1. The van der Waals surface area contributed by atoms with Crippen molar-refractivity contribution in [2.75, 3.05) is 18.0 Å². The maximum atomic E-state index is 5.79. The summed E-state index contributed by atoms with van der Waals surface area (Å²) in [6.07, 6.45) is 4.70. The maximum Gasteiger partial charge on any atom is 0.0929 e. The minimum absolute atomic E-state index is 0.524. The van der Waals surface area contributed by atoms with E-state index in [-0.39, 0.29) is 0 Å². The van der Waals surface area contributed by atoms with E-state index in [4.69, 9.17) is 11.6 Å². The third-order valence-corrected chi connectivity index (χ3v) is 4.99. The van der Waals surface area contributed by atoms with Crippen molar-refractivity contribution in [1.82, 2.24) is 4.98 Å². The van der Waals surface area contributed by atoms with Gasteiger partial charge in [-0.2, -0.15) is 0 Å². The molecule has 4 heteroatoms. The van der Waals surface area contributed by atoms with Crippen molar-refractivity contribution in [1.29, 1.82) is 0 Å². The Balaban J connectivity index is 1.57. The van der Waals surface area contributed by atoms with Crippen LogP contribution >= 0.6 is 22.9 Å². The SMILES string of the molecule is ClCc1csc(CCCN2CCCc3ccccc32)n1. The van der Waals surface area contributed by atoms with Crippen molar-refractivity contribution in [3.63, 3.8) is 0 Å².